The molecule has 4 heteroatoms. The van der Waals surface area contributed by atoms with Crippen LogP contribution in [0.1, 0.15) is 13.3 Å². The van der Waals surface area contributed by atoms with Gasteiger partial charge in [0.15, 0.2) is 0 Å². The van der Waals surface area contributed by atoms with Crippen molar-refractivity contribution >= 4 is 17.7 Å². The molecule has 0 unspecified atom stereocenters. The molecule has 1 N–H and O–H groups in total. The lowest BCUT2D eigenvalue weighted by molar-refractivity contribution is -0.118. The van der Waals surface area contributed by atoms with Crippen LogP contribution in [0.25, 0.3) is 0 Å². The molecule has 0 fully saturated rings. The number of aromatic nitrogens is 1. The number of hydrogen-bond acceptors (Lipinski definition) is 3. The minimum Gasteiger partial charge on any atom is -0.355 e. The summed E-state index contributed by atoms with van der Waals surface area (Å²) < 4.78 is 0. The lowest BCUT2D eigenvalue weighted by Gasteiger charge is -2.02. The van der Waals surface area contributed by atoms with E-state index in [1.165, 1.54) is 11.8 Å². The SMILES string of the molecule is CCCNC(=O)CSc1ccncc1. The monoisotopic (exact) mass is 210 g/mol. The summed E-state index contributed by atoms with van der Waals surface area (Å²) in [6.07, 6.45) is 4.43. The topological polar surface area (TPSA) is 42.0 Å². The van der Waals surface area contributed by atoms with E-state index < -0.39 is 0 Å². The highest BCUT2D eigenvalue weighted by molar-refractivity contribution is 8.00. The van der Waals surface area contributed by atoms with Gasteiger partial charge in [-0.1, -0.05) is 6.92 Å². The minimum absolute atomic E-state index is 0.0914. The molecule has 14 heavy (non-hydrogen) atoms. The first-order chi connectivity index (χ1) is 6.83. The average molecular weight is 210 g/mol. The number of hydrogen-bond donors (Lipinski definition) is 1. The summed E-state index contributed by atoms with van der Waals surface area (Å²) in [5.41, 5.74) is 0. The van der Waals surface area contributed by atoms with Crippen LogP contribution in [0, 0.1) is 0 Å². The first kappa shape index (κ1) is 11.0. The molecular formula is C10H14N2OS. The molecule has 0 atom stereocenters. The summed E-state index contributed by atoms with van der Waals surface area (Å²) in [5.74, 6) is 0.568. The fraction of sp³-hybridized carbons (Fsp3) is 0.400. The third-order valence-electron chi connectivity index (χ3n) is 1.59. The second-order valence-corrected chi connectivity index (χ2v) is 3.87. The van der Waals surface area contributed by atoms with Gasteiger partial charge in [0.2, 0.25) is 5.91 Å². The summed E-state index contributed by atoms with van der Waals surface area (Å²) in [7, 11) is 0. The standard InChI is InChI=1S/C10H14N2OS/c1-2-5-12-10(13)8-14-9-3-6-11-7-4-9/h3-4,6-7H,2,5,8H2,1H3,(H,12,13). The van der Waals surface area contributed by atoms with Crippen molar-refractivity contribution in [3.05, 3.63) is 24.5 Å². The lowest BCUT2D eigenvalue weighted by atomic mass is 10.5. The predicted octanol–water partition coefficient (Wildman–Crippen LogP) is 1.70. The van der Waals surface area contributed by atoms with Crippen LogP contribution in [0.4, 0.5) is 0 Å². The van der Waals surface area contributed by atoms with Gasteiger partial charge >= 0.3 is 0 Å². The number of rotatable bonds is 5. The molecule has 3 nitrogen and oxygen atoms in total. The summed E-state index contributed by atoms with van der Waals surface area (Å²) in [6.45, 7) is 2.80. The fourth-order valence-corrected chi connectivity index (χ4v) is 1.61. The molecule has 76 valence electrons. The van der Waals surface area contributed by atoms with Crippen LogP contribution in [-0.2, 0) is 4.79 Å². The highest BCUT2D eigenvalue weighted by Gasteiger charge is 2.00. The molecule has 0 aliphatic carbocycles. The van der Waals surface area contributed by atoms with E-state index in [4.69, 9.17) is 0 Å². The van der Waals surface area contributed by atoms with Crippen molar-refractivity contribution in [2.75, 3.05) is 12.3 Å². The highest BCUT2D eigenvalue weighted by Crippen LogP contribution is 2.15. The van der Waals surface area contributed by atoms with Gasteiger partial charge in [0, 0.05) is 23.8 Å². The third kappa shape index (κ3) is 4.28. The van der Waals surface area contributed by atoms with E-state index in [0.717, 1.165) is 17.9 Å². The zero-order chi connectivity index (χ0) is 10.2. The number of thioether (sulfide) groups is 1. The van der Waals surface area contributed by atoms with E-state index in [-0.39, 0.29) is 5.91 Å². The van der Waals surface area contributed by atoms with Gasteiger partial charge in [0.25, 0.3) is 0 Å². The second-order valence-electron chi connectivity index (χ2n) is 2.82. The summed E-state index contributed by atoms with van der Waals surface area (Å²) in [6, 6.07) is 3.80. The molecule has 1 heterocycles. The molecule has 0 spiro atoms. The molecule has 1 aromatic rings. The van der Waals surface area contributed by atoms with E-state index in [9.17, 15) is 4.79 Å². The molecule has 1 rings (SSSR count). The number of carbonyl (C=O) groups is 1. The Labute approximate surface area is 88.3 Å². The lowest BCUT2D eigenvalue weighted by Crippen LogP contribution is -2.25. The largest absolute Gasteiger partial charge is 0.355 e. The molecule has 0 aliphatic rings. The first-order valence-electron chi connectivity index (χ1n) is 4.62. The molecule has 0 bridgehead atoms. The van der Waals surface area contributed by atoms with Gasteiger partial charge in [-0.2, -0.15) is 0 Å². The Bertz CT molecular complexity index is 277. The van der Waals surface area contributed by atoms with Crippen LogP contribution in [0.5, 0.6) is 0 Å². The Hall–Kier alpha value is -1.03. The van der Waals surface area contributed by atoms with Crippen molar-refractivity contribution in [1.82, 2.24) is 10.3 Å². The Balaban J connectivity index is 2.24. The summed E-state index contributed by atoms with van der Waals surface area (Å²) in [4.78, 5) is 16.2. The van der Waals surface area contributed by atoms with E-state index in [0.29, 0.717) is 5.75 Å². The van der Waals surface area contributed by atoms with E-state index >= 15 is 0 Å². The maximum atomic E-state index is 11.2. The van der Waals surface area contributed by atoms with E-state index in [1.54, 1.807) is 12.4 Å². The molecule has 0 aliphatic heterocycles. The normalized spacial score (nSPS) is 9.79. The van der Waals surface area contributed by atoms with Gasteiger partial charge < -0.3 is 5.32 Å². The maximum absolute atomic E-state index is 11.2. The molecule has 0 radical (unpaired) electrons. The molecule has 0 aromatic carbocycles. The number of amides is 1. The Kier molecular flexibility index (Phi) is 5.07. The van der Waals surface area contributed by atoms with Gasteiger partial charge in [-0.05, 0) is 18.6 Å². The molecule has 1 aromatic heterocycles. The quantitative estimate of drug-likeness (QED) is 0.752. The van der Waals surface area contributed by atoms with Crippen molar-refractivity contribution in [3.63, 3.8) is 0 Å². The van der Waals surface area contributed by atoms with Crippen molar-refractivity contribution < 1.29 is 4.79 Å². The van der Waals surface area contributed by atoms with Crippen molar-refractivity contribution in [1.29, 1.82) is 0 Å². The smallest absolute Gasteiger partial charge is 0.230 e. The third-order valence-corrected chi connectivity index (χ3v) is 2.60. The molecular weight excluding hydrogens is 196 g/mol. The maximum Gasteiger partial charge on any atom is 0.230 e. The van der Waals surface area contributed by atoms with Crippen LogP contribution in [-0.4, -0.2) is 23.2 Å². The average Bonchev–Trinajstić information content (AvgIpc) is 2.25. The number of pyridine rings is 1. The van der Waals surface area contributed by atoms with Gasteiger partial charge in [-0.15, -0.1) is 11.8 Å². The summed E-state index contributed by atoms with van der Waals surface area (Å²) >= 11 is 1.53. The number of nitrogens with one attached hydrogen (secondary N) is 1. The van der Waals surface area contributed by atoms with Gasteiger partial charge in [-0.3, -0.25) is 9.78 Å². The van der Waals surface area contributed by atoms with Crippen LogP contribution >= 0.6 is 11.8 Å². The van der Waals surface area contributed by atoms with Gasteiger partial charge in [-0.25, -0.2) is 0 Å². The van der Waals surface area contributed by atoms with Gasteiger partial charge in [0.1, 0.15) is 0 Å². The Morgan fingerprint density at radius 2 is 2.21 bits per heavy atom. The Morgan fingerprint density at radius 3 is 2.86 bits per heavy atom. The van der Waals surface area contributed by atoms with E-state index in [2.05, 4.69) is 10.3 Å². The van der Waals surface area contributed by atoms with E-state index in [1.807, 2.05) is 19.1 Å². The second kappa shape index (κ2) is 6.43. The zero-order valence-corrected chi connectivity index (χ0v) is 9.01. The molecule has 1 amide bonds. The Morgan fingerprint density at radius 1 is 1.50 bits per heavy atom. The molecule has 0 saturated heterocycles. The highest BCUT2D eigenvalue weighted by atomic mass is 32.2. The van der Waals surface area contributed by atoms with Crippen molar-refractivity contribution in [3.8, 4) is 0 Å². The van der Waals surface area contributed by atoms with Gasteiger partial charge in [0.05, 0.1) is 5.75 Å². The summed E-state index contributed by atoms with van der Waals surface area (Å²) in [5, 5.41) is 2.83. The van der Waals surface area contributed by atoms with Crippen LogP contribution in [0.2, 0.25) is 0 Å². The fourth-order valence-electron chi connectivity index (χ4n) is 0.899. The molecule has 0 saturated carbocycles. The van der Waals surface area contributed by atoms with Crippen molar-refractivity contribution in [2.24, 2.45) is 0 Å². The van der Waals surface area contributed by atoms with Crippen LogP contribution < -0.4 is 5.32 Å². The minimum atomic E-state index is 0.0914. The van der Waals surface area contributed by atoms with Crippen LogP contribution in [0.15, 0.2) is 29.4 Å². The number of carbonyl (C=O) groups excluding carboxylic acids is 1. The number of nitrogens with zero attached hydrogens (tertiary/aromatic N) is 1. The zero-order valence-electron chi connectivity index (χ0n) is 8.19. The predicted molar refractivity (Wildman–Crippen MR) is 58.3 cm³/mol. The first-order valence-corrected chi connectivity index (χ1v) is 5.61. The van der Waals surface area contributed by atoms with Crippen molar-refractivity contribution in [2.45, 2.75) is 18.2 Å². The van der Waals surface area contributed by atoms with Crippen LogP contribution in [0.3, 0.4) is 0 Å².